The molecule has 1 aromatic rings. The van der Waals surface area contributed by atoms with Crippen LogP contribution < -0.4 is 21.3 Å². The van der Waals surface area contributed by atoms with E-state index in [-0.39, 0.29) is 11.9 Å². The molecular formula is C22H35N5O. The third-order valence-electron chi connectivity index (χ3n) is 6.75. The van der Waals surface area contributed by atoms with E-state index < -0.39 is 0 Å². The monoisotopic (exact) mass is 385 g/mol. The van der Waals surface area contributed by atoms with Crippen LogP contribution in [0.1, 0.15) is 55.8 Å². The summed E-state index contributed by atoms with van der Waals surface area (Å²) in [4.78, 5) is 18.1. The first kappa shape index (κ1) is 19.4. The molecule has 1 aliphatic heterocycles. The fourth-order valence-electron chi connectivity index (χ4n) is 4.70. The van der Waals surface area contributed by atoms with Gasteiger partial charge >= 0.3 is 0 Å². The molecule has 0 aromatic heterocycles. The number of anilines is 3. The Morgan fingerprint density at radius 3 is 2.32 bits per heavy atom. The van der Waals surface area contributed by atoms with Gasteiger partial charge in [0.05, 0.1) is 22.6 Å². The van der Waals surface area contributed by atoms with Gasteiger partial charge in [-0.15, -0.1) is 0 Å². The fourth-order valence-corrected chi connectivity index (χ4v) is 4.70. The van der Waals surface area contributed by atoms with Crippen molar-refractivity contribution in [2.45, 2.75) is 57.5 Å². The molecule has 6 heteroatoms. The number of nitrogen functional groups attached to an aromatic ring is 1. The van der Waals surface area contributed by atoms with E-state index in [9.17, 15) is 4.79 Å². The number of rotatable bonds is 5. The lowest BCUT2D eigenvalue weighted by atomic mass is 9.87. The van der Waals surface area contributed by atoms with Crippen LogP contribution >= 0.6 is 0 Å². The molecule has 0 spiro atoms. The van der Waals surface area contributed by atoms with Crippen LogP contribution in [0, 0.1) is 5.92 Å². The molecule has 4 rings (SSSR count). The molecule has 3 fully saturated rings. The molecule has 28 heavy (non-hydrogen) atoms. The summed E-state index contributed by atoms with van der Waals surface area (Å²) in [5.41, 5.74) is 9.47. The second kappa shape index (κ2) is 8.19. The number of hydrogen-bond acceptors (Lipinski definition) is 5. The minimum Gasteiger partial charge on any atom is -0.397 e. The number of nitrogens with zero attached hydrogens (tertiary/aromatic N) is 2. The SMILES string of the molecule is CNc1cc(N2CCN(C3CC3)CC2)c(C(=O)NC2CCC(C)CC2)cc1N. The largest absolute Gasteiger partial charge is 0.397 e. The van der Waals surface area contributed by atoms with Gasteiger partial charge in [-0.2, -0.15) is 0 Å². The molecule has 2 aliphatic carbocycles. The fraction of sp³-hybridized carbons (Fsp3) is 0.682. The first-order chi connectivity index (χ1) is 13.5. The van der Waals surface area contributed by atoms with Crippen LogP contribution in [0.15, 0.2) is 12.1 Å². The molecule has 0 unspecified atom stereocenters. The number of hydrogen-bond donors (Lipinski definition) is 3. The predicted octanol–water partition coefficient (Wildman–Crippen LogP) is 2.90. The first-order valence-electron chi connectivity index (χ1n) is 11.0. The molecule has 1 amide bonds. The Labute approximate surface area is 168 Å². The molecule has 2 saturated carbocycles. The molecule has 3 aliphatic rings. The van der Waals surface area contributed by atoms with Gasteiger partial charge in [0.25, 0.3) is 5.91 Å². The van der Waals surface area contributed by atoms with Crippen LogP contribution in [-0.4, -0.2) is 56.1 Å². The number of carbonyl (C=O) groups is 1. The van der Waals surface area contributed by atoms with Gasteiger partial charge in [0.15, 0.2) is 0 Å². The Kier molecular flexibility index (Phi) is 5.67. The maximum atomic E-state index is 13.2. The van der Waals surface area contributed by atoms with Gasteiger partial charge in [-0.3, -0.25) is 9.69 Å². The zero-order chi connectivity index (χ0) is 19.7. The van der Waals surface area contributed by atoms with Crippen molar-refractivity contribution in [1.29, 1.82) is 0 Å². The van der Waals surface area contributed by atoms with Crippen molar-refractivity contribution in [1.82, 2.24) is 10.2 Å². The highest BCUT2D eigenvalue weighted by atomic mass is 16.1. The number of nitrogens with one attached hydrogen (secondary N) is 2. The highest BCUT2D eigenvalue weighted by molar-refractivity contribution is 6.02. The van der Waals surface area contributed by atoms with Crippen molar-refractivity contribution < 1.29 is 4.79 Å². The van der Waals surface area contributed by atoms with E-state index in [1.807, 2.05) is 13.1 Å². The summed E-state index contributed by atoms with van der Waals surface area (Å²) in [6, 6.07) is 5.00. The maximum Gasteiger partial charge on any atom is 0.253 e. The van der Waals surface area contributed by atoms with Crippen molar-refractivity contribution in [3.8, 4) is 0 Å². The zero-order valence-electron chi connectivity index (χ0n) is 17.3. The van der Waals surface area contributed by atoms with E-state index in [2.05, 4.69) is 33.4 Å². The third-order valence-corrected chi connectivity index (χ3v) is 6.75. The molecular weight excluding hydrogens is 350 g/mol. The van der Waals surface area contributed by atoms with Crippen molar-refractivity contribution in [3.63, 3.8) is 0 Å². The molecule has 4 N–H and O–H groups in total. The van der Waals surface area contributed by atoms with E-state index in [1.165, 1.54) is 25.7 Å². The van der Waals surface area contributed by atoms with Crippen LogP contribution in [-0.2, 0) is 0 Å². The predicted molar refractivity (Wildman–Crippen MR) is 116 cm³/mol. The lowest BCUT2D eigenvalue weighted by Gasteiger charge is -2.37. The smallest absolute Gasteiger partial charge is 0.253 e. The second-order valence-corrected chi connectivity index (χ2v) is 8.89. The lowest BCUT2D eigenvalue weighted by Crippen LogP contribution is -2.48. The topological polar surface area (TPSA) is 73.6 Å². The maximum absolute atomic E-state index is 13.2. The highest BCUT2D eigenvalue weighted by Crippen LogP contribution is 2.33. The number of piperazine rings is 1. The molecule has 154 valence electrons. The van der Waals surface area contributed by atoms with E-state index in [4.69, 9.17) is 5.73 Å². The summed E-state index contributed by atoms with van der Waals surface area (Å²) in [6.07, 6.45) is 7.24. The quantitative estimate of drug-likeness (QED) is 0.680. The summed E-state index contributed by atoms with van der Waals surface area (Å²) < 4.78 is 0. The minimum absolute atomic E-state index is 0.0218. The van der Waals surface area contributed by atoms with Crippen LogP contribution in [0.3, 0.4) is 0 Å². The average Bonchev–Trinajstić information content (AvgIpc) is 3.55. The van der Waals surface area contributed by atoms with Gasteiger partial charge in [-0.25, -0.2) is 0 Å². The summed E-state index contributed by atoms with van der Waals surface area (Å²) in [5.74, 6) is 0.797. The zero-order valence-corrected chi connectivity index (χ0v) is 17.3. The number of nitrogens with two attached hydrogens (primary N) is 1. The van der Waals surface area contributed by atoms with Gasteiger partial charge in [-0.05, 0) is 56.6 Å². The molecule has 1 saturated heterocycles. The summed E-state index contributed by atoms with van der Waals surface area (Å²) in [5, 5.41) is 6.46. The average molecular weight is 386 g/mol. The van der Waals surface area contributed by atoms with E-state index in [1.54, 1.807) is 0 Å². The molecule has 6 nitrogen and oxygen atoms in total. The number of amides is 1. The van der Waals surface area contributed by atoms with E-state index >= 15 is 0 Å². The number of carbonyl (C=O) groups excluding carboxylic acids is 1. The van der Waals surface area contributed by atoms with Crippen LogP contribution in [0.5, 0.6) is 0 Å². The van der Waals surface area contributed by atoms with Crippen LogP contribution in [0.4, 0.5) is 17.1 Å². The summed E-state index contributed by atoms with van der Waals surface area (Å²) in [6.45, 7) is 6.38. The van der Waals surface area contributed by atoms with Crippen LogP contribution in [0.2, 0.25) is 0 Å². The third kappa shape index (κ3) is 4.22. The van der Waals surface area contributed by atoms with Gasteiger partial charge in [0, 0.05) is 45.3 Å². The standard InChI is InChI=1S/C22H35N5O/c1-15-3-5-16(6-4-15)25-22(28)18-13-19(23)20(24-2)14-21(18)27-11-9-26(10-12-27)17-7-8-17/h13-17,24H,3-12,23H2,1-2H3,(H,25,28). The van der Waals surface area contributed by atoms with Gasteiger partial charge in [-0.1, -0.05) is 6.92 Å². The lowest BCUT2D eigenvalue weighted by molar-refractivity contribution is 0.0923. The van der Waals surface area contributed by atoms with Gasteiger partial charge < -0.3 is 21.3 Å². The molecule has 1 aromatic carbocycles. The Morgan fingerprint density at radius 1 is 1.04 bits per heavy atom. The highest BCUT2D eigenvalue weighted by Gasteiger charge is 2.32. The Morgan fingerprint density at radius 2 is 1.71 bits per heavy atom. The molecule has 0 atom stereocenters. The summed E-state index contributed by atoms with van der Waals surface area (Å²) in [7, 11) is 1.88. The van der Waals surface area contributed by atoms with Crippen LogP contribution in [0.25, 0.3) is 0 Å². The molecule has 0 radical (unpaired) electrons. The Bertz CT molecular complexity index is 701. The van der Waals surface area contributed by atoms with Gasteiger partial charge in [0.1, 0.15) is 0 Å². The second-order valence-electron chi connectivity index (χ2n) is 8.89. The van der Waals surface area contributed by atoms with Crippen molar-refractivity contribution in [3.05, 3.63) is 17.7 Å². The van der Waals surface area contributed by atoms with E-state index in [0.717, 1.165) is 67.9 Å². The van der Waals surface area contributed by atoms with E-state index in [0.29, 0.717) is 5.69 Å². The van der Waals surface area contributed by atoms with Crippen molar-refractivity contribution in [2.75, 3.05) is 49.2 Å². The normalized spacial score (nSPS) is 26.1. The molecule has 0 bridgehead atoms. The molecule has 1 heterocycles. The first-order valence-corrected chi connectivity index (χ1v) is 11.0. The summed E-state index contributed by atoms with van der Waals surface area (Å²) >= 11 is 0. The Hall–Kier alpha value is -1.95. The Balaban J connectivity index is 1.51. The van der Waals surface area contributed by atoms with Crippen molar-refractivity contribution >= 4 is 23.0 Å². The van der Waals surface area contributed by atoms with Crippen molar-refractivity contribution in [2.24, 2.45) is 5.92 Å². The minimum atomic E-state index is 0.0218. The van der Waals surface area contributed by atoms with Gasteiger partial charge in [0.2, 0.25) is 0 Å². The number of benzene rings is 1.